The second kappa shape index (κ2) is 4.45. The van der Waals surface area contributed by atoms with Gasteiger partial charge in [0, 0.05) is 6.54 Å². The third-order valence-electron chi connectivity index (χ3n) is 2.65. The lowest BCUT2D eigenvalue weighted by atomic mass is 10.3. The Hall–Kier alpha value is -1.35. The summed E-state index contributed by atoms with van der Waals surface area (Å²) in [7, 11) is 1.98. The van der Waals surface area contributed by atoms with E-state index in [1.54, 1.807) is 0 Å². The van der Waals surface area contributed by atoms with Gasteiger partial charge in [-0.3, -0.25) is 0 Å². The molecule has 0 radical (unpaired) electrons. The molecule has 15 heavy (non-hydrogen) atoms. The van der Waals surface area contributed by atoms with Crippen LogP contribution in [-0.4, -0.2) is 23.1 Å². The molecule has 3 nitrogen and oxygen atoms in total. The lowest BCUT2D eigenvalue weighted by molar-refractivity contribution is 0.612. The van der Waals surface area contributed by atoms with Crippen molar-refractivity contribution < 1.29 is 0 Å². The molecule has 0 unspecified atom stereocenters. The second-order valence-electron chi connectivity index (χ2n) is 3.76. The summed E-state index contributed by atoms with van der Waals surface area (Å²) in [5.41, 5.74) is 2.34. The molecule has 80 valence electrons. The quantitative estimate of drug-likeness (QED) is 0.770. The molecule has 0 amide bonds. The van der Waals surface area contributed by atoms with E-state index in [0.29, 0.717) is 0 Å². The summed E-state index contributed by atoms with van der Waals surface area (Å²) in [5, 5.41) is 3.16. The number of nitrogens with zero attached hydrogens (tertiary/aromatic N) is 2. The van der Waals surface area contributed by atoms with Gasteiger partial charge in [0.25, 0.3) is 0 Å². The monoisotopic (exact) mass is 203 g/mol. The van der Waals surface area contributed by atoms with E-state index in [1.807, 2.05) is 13.1 Å². The molecule has 0 spiro atoms. The van der Waals surface area contributed by atoms with Crippen LogP contribution in [0.25, 0.3) is 11.0 Å². The number of hydrogen-bond acceptors (Lipinski definition) is 2. The zero-order valence-electron chi connectivity index (χ0n) is 9.33. The van der Waals surface area contributed by atoms with Crippen LogP contribution in [0.15, 0.2) is 24.3 Å². The zero-order chi connectivity index (χ0) is 10.7. The van der Waals surface area contributed by atoms with Crippen LogP contribution in [0.4, 0.5) is 0 Å². The van der Waals surface area contributed by atoms with Crippen LogP contribution < -0.4 is 5.32 Å². The van der Waals surface area contributed by atoms with Crippen molar-refractivity contribution in [3.63, 3.8) is 0 Å². The third-order valence-corrected chi connectivity index (χ3v) is 2.65. The number of para-hydroxylation sites is 2. The predicted molar refractivity (Wildman–Crippen MR) is 63.0 cm³/mol. The van der Waals surface area contributed by atoms with Gasteiger partial charge < -0.3 is 9.88 Å². The topological polar surface area (TPSA) is 29.9 Å². The first-order chi connectivity index (χ1) is 7.33. The maximum absolute atomic E-state index is 4.53. The van der Waals surface area contributed by atoms with Gasteiger partial charge in [-0.1, -0.05) is 12.1 Å². The minimum absolute atomic E-state index is 1.03. The molecule has 1 aromatic heterocycles. The summed E-state index contributed by atoms with van der Waals surface area (Å²) in [6.07, 6.45) is 1.14. The average molecular weight is 203 g/mol. The Labute approximate surface area is 90.1 Å². The highest BCUT2D eigenvalue weighted by molar-refractivity contribution is 5.75. The molecule has 0 aliphatic carbocycles. The molecule has 0 saturated carbocycles. The largest absolute Gasteiger partial charge is 0.328 e. The minimum Gasteiger partial charge on any atom is -0.328 e. The second-order valence-corrected chi connectivity index (χ2v) is 3.76. The Bertz CT molecular complexity index is 445. The molecule has 0 aliphatic heterocycles. The molecule has 3 heteroatoms. The van der Waals surface area contributed by atoms with Crippen molar-refractivity contribution in [1.82, 2.24) is 14.9 Å². The first kappa shape index (κ1) is 10.2. The smallest absolute Gasteiger partial charge is 0.106 e. The van der Waals surface area contributed by atoms with Gasteiger partial charge in [0.15, 0.2) is 0 Å². The molecule has 1 N–H and O–H groups in total. The number of aromatic nitrogens is 2. The van der Waals surface area contributed by atoms with Crippen LogP contribution in [0.2, 0.25) is 0 Å². The maximum atomic E-state index is 4.53. The number of nitrogens with one attached hydrogen (secondary N) is 1. The van der Waals surface area contributed by atoms with Crippen molar-refractivity contribution in [2.24, 2.45) is 0 Å². The number of imidazole rings is 1. The molecule has 0 aliphatic rings. The van der Waals surface area contributed by atoms with Crippen molar-refractivity contribution >= 4 is 11.0 Å². The highest BCUT2D eigenvalue weighted by Crippen LogP contribution is 2.15. The summed E-state index contributed by atoms with van der Waals surface area (Å²) >= 11 is 0. The molecule has 0 atom stereocenters. The highest BCUT2D eigenvalue weighted by Gasteiger charge is 2.04. The van der Waals surface area contributed by atoms with Gasteiger partial charge in [0.2, 0.25) is 0 Å². The van der Waals surface area contributed by atoms with Crippen molar-refractivity contribution in [2.75, 3.05) is 13.6 Å². The summed E-state index contributed by atoms with van der Waals surface area (Å²) in [5.74, 6) is 1.10. The van der Waals surface area contributed by atoms with Crippen LogP contribution in [0.3, 0.4) is 0 Å². The fourth-order valence-corrected chi connectivity index (χ4v) is 1.89. The van der Waals surface area contributed by atoms with Crippen LogP contribution in [0.1, 0.15) is 12.2 Å². The van der Waals surface area contributed by atoms with Crippen molar-refractivity contribution in [3.8, 4) is 0 Å². The fraction of sp³-hybridized carbons (Fsp3) is 0.417. The lowest BCUT2D eigenvalue weighted by Gasteiger charge is -2.05. The Morgan fingerprint density at radius 3 is 2.93 bits per heavy atom. The van der Waals surface area contributed by atoms with Crippen molar-refractivity contribution in [2.45, 2.75) is 19.9 Å². The first-order valence-electron chi connectivity index (χ1n) is 5.39. The average Bonchev–Trinajstić information content (AvgIpc) is 2.56. The molecular weight excluding hydrogens is 186 g/mol. The van der Waals surface area contributed by atoms with Gasteiger partial charge >= 0.3 is 0 Å². The normalized spacial score (nSPS) is 11.1. The Morgan fingerprint density at radius 2 is 2.13 bits per heavy atom. The maximum Gasteiger partial charge on any atom is 0.106 e. The number of hydrogen-bond donors (Lipinski definition) is 1. The Balaban J connectivity index is 2.28. The van der Waals surface area contributed by atoms with Crippen LogP contribution in [-0.2, 0) is 6.54 Å². The van der Waals surface area contributed by atoms with E-state index >= 15 is 0 Å². The van der Waals surface area contributed by atoms with Crippen LogP contribution in [0.5, 0.6) is 0 Å². The van der Waals surface area contributed by atoms with E-state index < -0.39 is 0 Å². The molecule has 2 aromatic rings. The number of fused-ring (bicyclic) bond motifs is 1. The van der Waals surface area contributed by atoms with E-state index in [-0.39, 0.29) is 0 Å². The van der Waals surface area contributed by atoms with E-state index in [1.165, 1.54) is 5.52 Å². The van der Waals surface area contributed by atoms with Crippen LogP contribution >= 0.6 is 0 Å². The lowest BCUT2D eigenvalue weighted by Crippen LogP contribution is -2.11. The summed E-state index contributed by atoms with van der Waals surface area (Å²) in [4.78, 5) is 4.53. The van der Waals surface area contributed by atoms with Crippen LogP contribution in [0, 0.1) is 6.92 Å². The summed E-state index contributed by atoms with van der Waals surface area (Å²) in [6.45, 7) is 4.15. The molecule has 2 rings (SSSR count). The molecule has 0 saturated heterocycles. The molecule has 0 bridgehead atoms. The summed E-state index contributed by atoms with van der Waals surface area (Å²) < 4.78 is 2.28. The van der Waals surface area contributed by atoms with Gasteiger partial charge in [-0.2, -0.15) is 0 Å². The highest BCUT2D eigenvalue weighted by atomic mass is 15.1. The van der Waals surface area contributed by atoms with Gasteiger partial charge in [0.05, 0.1) is 11.0 Å². The Kier molecular flexibility index (Phi) is 3.02. The zero-order valence-corrected chi connectivity index (χ0v) is 9.33. The minimum atomic E-state index is 1.03. The van der Waals surface area contributed by atoms with Crippen molar-refractivity contribution in [3.05, 3.63) is 30.1 Å². The van der Waals surface area contributed by atoms with E-state index in [0.717, 1.165) is 30.9 Å². The third kappa shape index (κ3) is 2.02. The van der Waals surface area contributed by atoms with Gasteiger partial charge in [-0.05, 0) is 39.1 Å². The number of rotatable bonds is 4. The molecule has 1 heterocycles. The van der Waals surface area contributed by atoms with Gasteiger partial charge in [-0.25, -0.2) is 4.98 Å². The summed E-state index contributed by atoms with van der Waals surface area (Å²) in [6, 6.07) is 8.30. The first-order valence-corrected chi connectivity index (χ1v) is 5.39. The van der Waals surface area contributed by atoms with E-state index in [9.17, 15) is 0 Å². The standard InChI is InChI=1S/C12H17N3/c1-10-14-11-6-3-4-7-12(11)15(10)9-5-8-13-2/h3-4,6-7,13H,5,8-9H2,1-2H3. The van der Waals surface area contributed by atoms with Gasteiger partial charge in [0.1, 0.15) is 5.82 Å². The predicted octanol–water partition coefficient (Wildman–Crippen LogP) is 1.95. The fourth-order valence-electron chi connectivity index (χ4n) is 1.89. The van der Waals surface area contributed by atoms with Gasteiger partial charge in [-0.15, -0.1) is 0 Å². The van der Waals surface area contributed by atoms with Crippen molar-refractivity contribution in [1.29, 1.82) is 0 Å². The number of aryl methyl sites for hydroxylation is 2. The SMILES string of the molecule is CNCCCn1c(C)nc2ccccc21. The van der Waals surface area contributed by atoms with E-state index in [2.05, 4.69) is 40.0 Å². The number of benzene rings is 1. The molecule has 1 aromatic carbocycles. The molecule has 0 fully saturated rings. The molecular formula is C12H17N3. The Morgan fingerprint density at radius 1 is 1.33 bits per heavy atom. The van der Waals surface area contributed by atoms with E-state index in [4.69, 9.17) is 0 Å².